The number of aryl methyl sites for hydroxylation is 1. The van der Waals surface area contributed by atoms with Crippen LogP contribution in [0, 0.1) is 12.7 Å². The van der Waals surface area contributed by atoms with E-state index in [1.54, 1.807) is 31.4 Å². The minimum Gasteiger partial charge on any atom is -0.353 e. The van der Waals surface area contributed by atoms with Gasteiger partial charge in [-0.05, 0) is 50.4 Å². The van der Waals surface area contributed by atoms with E-state index in [0.717, 1.165) is 10.0 Å². The molecule has 31 heavy (non-hydrogen) atoms. The number of anilines is 2. The van der Waals surface area contributed by atoms with Crippen LogP contribution in [0.2, 0.25) is 5.15 Å². The number of aromatic nitrogens is 3. The van der Waals surface area contributed by atoms with E-state index in [1.807, 2.05) is 6.92 Å². The molecule has 0 radical (unpaired) electrons. The minimum atomic E-state index is -4.04. The summed E-state index contributed by atoms with van der Waals surface area (Å²) >= 11 is 5.92. The van der Waals surface area contributed by atoms with Crippen molar-refractivity contribution in [2.75, 3.05) is 12.4 Å². The van der Waals surface area contributed by atoms with Gasteiger partial charge in [-0.25, -0.2) is 21.8 Å². The molecule has 4 rings (SSSR count). The van der Waals surface area contributed by atoms with E-state index in [0.29, 0.717) is 45.4 Å². The average Bonchev–Trinajstić information content (AvgIpc) is 3.09. The Bertz CT molecular complexity index is 1390. The van der Waals surface area contributed by atoms with E-state index in [4.69, 9.17) is 11.6 Å². The van der Waals surface area contributed by atoms with Crippen LogP contribution in [0.25, 0.3) is 11.0 Å². The lowest BCUT2D eigenvalue weighted by Crippen LogP contribution is -2.12. The Labute approximate surface area is 184 Å². The summed E-state index contributed by atoms with van der Waals surface area (Å²) in [5.74, 6) is -0.626. The topological polar surface area (TPSA) is 88.9 Å². The fraction of sp³-hybridized carbons (Fsp3) is 0.143. The summed E-state index contributed by atoms with van der Waals surface area (Å²) in [7, 11) is -2.28. The molecule has 0 aliphatic rings. The van der Waals surface area contributed by atoms with Crippen LogP contribution in [0.5, 0.6) is 0 Å². The number of nitrogens with one attached hydrogen (secondary N) is 2. The van der Waals surface area contributed by atoms with Crippen LogP contribution in [-0.4, -0.2) is 29.4 Å². The van der Waals surface area contributed by atoms with Crippen molar-refractivity contribution < 1.29 is 12.8 Å². The SMILES string of the molecule is CNCc1cn(S(=O)(=O)c2cccc(F)c2)c2cc(Nc3ccc(Cl)nc3C)cnc12. The van der Waals surface area contributed by atoms with Crippen LogP contribution in [0.4, 0.5) is 15.8 Å². The molecule has 160 valence electrons. The highest BCUT2D eigenvalue weighted by Crippen LogP contribution is 2.29. The Balaban J connectivity index is 1.85. The van der Waals surface area contributed by atoms with Gasteiger partial charge in [0.15, 0.2) is 0 Å². The zero-order valence-corrected chi connectivity index (χ0v) is 18.3. The van der Waals surface area contributed by atoms with Gasteiger partial charge in [-0.3, -0.25) is 4.98 Å². The predicted molar refractivity (Wildman–Crippen MR) is 119 cm³/mol. The number of nitrogens with zero attached hydrogens (tertiary/aromatic N) is 3. The fourth-order valence-corrected chi connectivity index (χ4v) is 4.88. The van der Waals surface area contributed by atoms with Gasteiger partial charge >= 0.3 is 0 Å². The first-order valence-electron chi connectivity index (χ1n) is 9.35. The molecule has 4 aromatic rings. The summed E-state index contributed by atoms with van der Waals surface area (Å²) < 4.78 is 41.4. The van der Waals surface area contributed by atoms with Crippen LogP contribution >= 0.6 is 11.6 Å². The van der Waals surface area contributed by atoms with Gasteiger partial charge in [-0.1, -0.05) is 17.7 Å². The Morgan fingerprint density at radius 3 is 2.71 bits per heavy atom. The van der Waals surface area contributed by atoms with Crippen LogP contribution in [0.15, 0.2) is 59.8 Å². The molecular weight excluding hydrogens is 441 g/mol. The third-order valence-electron chi connectivity index (χ3n) is 4.73. The monoisotopic (exact) mass is 459 g/mol. The summed E-state index contributed by atoms with van der Waals surface area (Å²) in [5, 5.41) is 6.58. The number of fused-ring (bicyclic) bond motifs is 1. The van der Waals surface area contributed by atoms with E-state index in [2.05, 4.69) is 20.6 Å². The molecule has 7 nitrogen and oxygen atoms in total. The Hall–Kier alpha value is -3.01. The minimum absolute atomic E-state index is 0.142. The van der Waals surface area contributed by atoms with E-state index >= 15 is 0 Å². The summed E-state index contributed by atoms with van der Waals surface area (Å²) in [5.41, 5.74) is 3.58. The van der Waals surface area contributed by atoms with E-state index < -0.39 is 15.8 Å². The highest BCUT2D eigenvalue weighted by molar-refractivity contribution is 7.90. The summed E-state index contributed by atoms with van der Waals surface area (Å²) in [6.45, 7) is 2.23. The molecule has 0 atom stereocenters. The van der Waals surface area contributed by atoms with Gasteiger partial charge in [0, 0.05) is 18.3 Å². The Kier molecular flexibility index (Phi) is 5.65. The second kappa shape index (κ2) is 8.26. The highest BCUT2D eigenvalue weighted by Gasteiger charge is 2.22. The maximum Gasteiger partial charge on any atom is 0.268 e. The van der Waals surface area contributed by atoms with Gasteiger partial charge in [0.05, 0.1) is 39.2 Å². The molecule has 0 aliphatic heterocycles. The maximum atomic E-state index is 13.7. The summed E-state index contributed by atoms with van der Waals surface area (Å²) in [4.78, 5) is 8.54. The van der Waals surface area contributed by atoms with Gasteiger partial charge in [0.1, 0.15) is 11.0 Å². The third-order valence-corrected chi connectivity index (χ3v) is 6.61. The third kappa shape index (κ3) is 4.12. The molecule has 2 N–H and O–H groups in total. The molecule has 0 fully saturated rings. The molecule has 0 aliphatic carbocycles. The van der Waals surface area contributed by atoms with Crippen molar-refractivity contribution in [3.63, 3.8) is 0 Å². The van der Waals surface area contributed by atoms with E-state index in [9.17, 15) is 12.8 Å². The van der Waals surface area contributed by atoms with E-state index in [-0.39, 0.29) is 4.90 Å². The first-order chi connectivity index (χ1) is 14.8. The van der Waals surface area contributed by atoms with Gasteiger partial charge in [0.25, 0.3) is 10.0 Å². The largest absolute Gasteiger partial charge is 0.353 e. The van der Waals surface area contributed by atoms with Crippen LogP contribution in [0.1, 0.15) is 11.3 Å². The average molecular weight is 460 g/mol. The molecule has 10 heteroatoms. The summed E-state index contributed by atoms with van der Waals surface area (Å²) in [6, 6.07) is 10.0. The maximum absolute atomic E-state index is 13.7. The molecule has 1 aromatic carbocycles. The van der Waals surface area contributed by atoms with Crippen LogP contribution in [0.3, 0.4) is 0 Å². The van der Waals surface area contributed by atoms with Gasteiger partial charge in [-0.2, -0.15) is 0 Å². The molecule has 3 aromatic heterocycles. The molecule has 0 spiro atoms. The second-order valence-electron chi connectivity index (χ2n) is 6.93. The highest BCUT2D eigenvalue weighted by atomic mass is 35.5. The standard InChI is InChI=1S/C21H19ClFN5O2S/c1-13-18(6-7-20(22)26-13)27-16-9-19-21(25-11-16)14(10-24-2)12-28(19)31(29,30)17-5-3-4-15(23)8-17/h3-9,11-12,24,27H,10H2,1-2H3. The van der Waals surface area contributed by atoms with Crippen LogP contribution in [-0.2, 0) is 16.6 Å². The smallest absolute Gasteiger partial charge is 0.268 e. The van der Waals surface area contributed by atoms with Crippen LogP contribution < -0.4 is 10.6 Å². The zero-order valence-electron chi connectivity index (χ0n) is 16.7. The lowest BCUT2D eigenvalue weighted by atomic mass is 10.2. The molecule has 0 unspecified atom stereocenters. The van der Waals surface area contributed by atoms with Gasteiger partial charge < -0.3 is 10.6 Å². The van der Waals surface area contributed by atoms with Crippen molar-refractivity contribution in [2.24, 2.45) is 0 Å². The molecular formula is C21H19ClFN5O2S. The quantitative estimate of drug-likeness (QED) is 0.419. The molecule has 0 bridgehead atoms. The predicted octanol–water partition coefficient (Wildman–Crippen LogP) is 4.23. The van der Waals surface area contributed by atoms with Crippen molar-refractivity contribution in [1.82, 2.24) is 19.3 Å². The molecule has 3 heterocycles. The molecule has 0 saturated heterocycles. The lowest BCUT2D eigenvalue weighted by Gasteiger charge is -2.11. The number of pyridine rings is 2. The number of benzene rings is 1. The molecule has 0 amide bonds. The number of hydrogen-bond acceptors (Lipinski definition) is 6. The number of rotatable bonds is 6. The molecule has 0 saturated carbocycles. The van der Waals surface area contributed by atoms with Crippen molar-refractivity contribution in [2.45, 2.75) is 18.4 Å². The number of halogens is 2. The van der Waals surface area contributed by atoms with Gasteiger partial charge in [-0.15, -0.1) is 0 Å². The Morgan fingerprint density at radius 1 is 1.19 bits per heavy atom. The normalized spacial score (nSPS) is 11.7. The van der Waals surface area contributed by atoms with E-state index in [1.165, 1.54) is 24.4 Å². The van der Waals surface area contributed by atoms with Crippen molar-refractivity contribution in [3.8, 4) is 0 Å². The number of hydrogen-bond donors (Lipinski definition) is 2. The van der Waals surface area contributed by atoms with Crippen molar-refractivity contribution in [3.05, 3.63) is 77.1 Å². The lowest BCUT2D eigenvalue weighted by molar-refractivity contribution is 0.584. The Morgan fingerprint density at radius 2 is 2.00 bits per heavy atom. The first kappa shape index (κ1) is 21.2. The van der Waals surface area contributed by atoms with Crippen molar-refractivity contribution in [1.29, 1.82) is 0 Å². The zero-order chi connectivity index (χ0) is 22.2. The fourth-order valence-electron chi connectivity index (χ4n) is 3.29. The van der Waals surface area contributed by atoms with Crippen molar-refractivity contribution >= 4 is 44.0 Å². The van der Waals surface area contributed by atoms with Gasteiger partial charge in [0.2, 0.25) is 0 Å². The summed E-state index contributed by atoms with van der Waals surface area (Å²) in [6.07, 6.45) is 3.13. The first-order valence-corrected chi connectivity index (χ1v) is 11.2. The second-order valence-corrected chi connectivity index (χ2v) is 9.13.